The van der Waals surface area contributed by atoms with E-state index in [2.05, 4.69) is 52.0 Å². The number of ether oxygens (including phenoxy) is 2. The van der Waals surface area contributed by atoms with E-state index < -0.39 is 16.7 Å². The van der Waals surface area contributed by atoms with Gasteiger partial charge >= 0.3 is 6.09 Å². The van der Waals surface area contributed by atoms with Crippen LogP contribution in [0.25, 0.3) is 0 Å². The van der Waals surface area contributed by atoms with Gasteiger partial charge in [-0.05, 0) is 79.7 Å². The molecule has 1 atom stereocenters. The lowest BCUT2D eigenvalue weighted by atomic mass is 9.67. The molecule has 1 saturated heterocycles. The van der Waals surface area contributed by atoms with E-state index in [0.29, 0.717) is 32.8 Å². The molecule has 4 rings (SSSR count). The van der Waals surface area contributed by atoms with E-state index in [9.17, 15) is 9.90 Å². The number of carbonyl (C=O) groups is 1. The second kappa shape index (κ2) is 11.3. The highest BCUT2D eigenvalue weighted by atomic mass is 79.9. The van der Waals surface area contributed by atoms with Crippen molar-refractivity contribution in [3.05, 3.63) is 64.1 Å². The van der Waals surface area contributed by atoms with Crippen LogP contribution >= 0.6 is 15.9 Å². The summed E-state index contributed by atoms with van der Waals surface area (Å²) in [6.07, 6.45) is 4.44. The van der Waals surface area contributed by atoms with Crippen molar-refractivity contribution >= 4 is 22.0 Å². The molecule has 2 aromatic rings. The fourth-order valence-electron chi connectivity index (χ4n) is 5.69. The van der Waals surface area contributed by atoms with Gasteiger partial charge in [-0.1, -0.05) is 55.7 Å². The Balaban J connectivity index is 1.56. The summed E-state index contributed by atoms with van der Waals surface area (Å²) in [5.41, 5.74) is 0.194. The van der Waals surface area contributed by atoms with Crippen LogP contribution in [0.15, 0.2) is 53.0 Å². The van der Waals surface area contributed by atoms with Crippen LogP contribution in [0.3, 0.4) is 0 Å². The van der Waals surface area contributed by atoms with Crippen LogP contribution in [0.4, 0.5) is 4.79 Å². The van der Waals surface area contributed by atoms with E-state index in [4.69, 9.17) is 9.47 Å². The predicted octanol–water partition coefficient (Wildman–Crippen LogP) is 6.49. The monoisotopic (exact) mass is 572 g/mol. The Morgan fingerprint density at radius 3 is 2.22 bits per heavy atom. The summed E-state index contributed by atoms with van der Waals surface area (Å²) in [6, 6.07) is 16.3. The minimum atomic E-state index is -0.856. The van der Waals surface area contributed by atoms with Crippen LogP contribution in [0.2, 0.25) is 0 Å². The average molecular weight is 574 g/mol. The second-order valence-electron chi connectivity index (χ2n) is 11.5. The van der Waals surface area contributed by atoms with Crippen molar-refractivity contribution < 1.29 is 19.4 Å². The number of hydrogen-bond donors (Lipinski definition) is 1. The number of piperazine rings is 1. The van der Waals surface area contributed by atoms with Gasteiger partial charge in [0, 0.05) is 26.2 Å². The smallest absolute Gasteiger partial charge is 0.410 e. The zero-order chi connectivity index (χ0) is 26.7. The van der Waals surface area contributed by atoms with E-state index in [1.165, 1.54) is 0 Å². The molecule has 2 aliphatic rings. The van der Waals surface area contributed by atoms with Crippen LogP contribution in [0.5, 0.6) is 5.75 Å². The van der Waals surface area contributed by atoms with Gasteiger partial charge in [0.15, 0.2) is 0 Å². The minimum absolute atomic E-state index is 0.270. The van der Waals surface area contributed by atoms with Crippen molar-refractivity contribution in [1.29, 1.82) is 0 Å². The largest absolute Gasteiger partial charge is 0.488 e. The molecule has 6 nitrogen and oxygen atoms in total. The van der Waals surface area contributed by atoms with Gasteiger partial charge in [0.2, 0.25) is 0 Å². The molecular weight excluding hydrogens is 532 g/mol. The Labute approximate surface area is 230 Å². The molecule has 1 amide bonds. The summed E-state index contributed by atoms with van der Waals surface area (Å²) in [4.78, 5) is 16.8. The van der Waals surface area contributed by atoms with Crippen LogP contribution in [0, 0.1) is 0 Å². The molecule has 7 heteroatoms. The van der Waals surface area contributed by atoms with Crippen molar-refractivity contribution in [1.82, 2.24) is 9.80 Å². The molecule has 2 fully saturated rings. The molecule has 0 radical (unpaired) electrons. The van der Waals surface area contributed by atoms with Crippen LogP contribution in [-0.4, -0.2) is 58.4 Å². The van der Waals surface area contributed by atoms with E-state index in [0.717, 1.165) is 53.5 Å². The van der Waals surface area contributed by atoms with Crippen molar-refractivity contribution in [2.24, 2.45) is 0 Å². The number of aliphatic hydroxyl groups is 1. The Bertz CT molecular complexity index is 1060. The number of amides is 1. The van der Waals surface area contributed by atoms with Crippen molar-refractivity contribution in [3.8, 4) is 5.75 Å². The topological polar surface area (TPSA) is 62.2 Å². The third-order valence-corrected chi connectivity index (χ3v) is 8.50. The van der Waals surface area contributed by atoms with Crippen LogP contribution in [0.1, 0.15) is 70.9 Å². The molecule has 1 N–H and O–H groups in total. The number of halogens is 1. The quantitative estimate of drug-likeness (QED) is 0.428. The molecule has 1 saturated carbocycles. The Hall–Kier alpha value is -2.09. The molecule has 1 aliphatic carbocycles. The highest BCUT2D eigenvalue weighted by Crippen LogP contribution is 2.48. The van der Waals surface area contributed by atoms with Gasteiger partial charge in [-0.15, -0.1) is 0 Å². The molecule has 37 heavy (non-hydrogen) atoms. The van der Waals surface area contributed by atoms with E-state index in [-0.39, 0.29) is 6.09 Å². The first-order valence-corrected chi connectivity index (χ1v) is 14.2. The summed E-state index contributed by atoms with van der Waals surface area (Å²) in [6.45, 7) is 10.8. The van der Waals surface area contributed by atoms with Gasteiger partial charge in [-0.3, -0.25) is 4.90 Å². The fraction of sp³-hybridized carbons (Fsp3) is 0.567. The Morgan fingerprint density at radius 1 is 0.973 bits per heavy atom. The number of hydrogen-bond acceptors (Lipinski definition) is 5. The first-order chi connectivity index (χ1) is 17.5. The van der Waals surface area contributed by atoms with Crippen molar-refractivity contribution in [3.63, 3.8) is 0 Å². The van der Waals surface area contributed by atoms with Gasteiger partial charge in [0.05, 0.1) is 15.6 Å². The highest BCUT2D eigenvalue weighted by molar-refractivity contribution is 9.10. The lowest BCUT2D eigenvalue weighted by Crippen LogP contribution is -2.65. The lowest BCUT2D eigenvalue weighted by molar-refractivity contribution is -0.139. The summed E-state index contributed by atoms with van der Waals surface area (Å²) >= 11 is 3.74. The maximum absolute atomic E-state index is 12.7. The van der Waals surface area contributed by atoms with E-state index in [1.807, 2.05) is 45.0 Å². The molecule has 202 valence electrons. The maximum atomic E-state index is 12.7. The minimum Gasteiger partial charge on any atom is -0.488 e. The average Bonchev–Trinajstić information content (AvgIpc) is 2.87. The maximum Gasteiger partial charge on any atom is 0.410 e. The zero-order valence-electron chi connectivity index (χ0n) is 22.6. The van der Waals surface area contributed by atoms with Crippen LogP contribution in [-0.2, 0) is 16.9 Å². The molecule has 0 bridgehead atoms. The summed E-state index contributed by atoms with van der Waals surface area (Å²) < 4.78 is 12.6. The van der Waals surface area contributed by atoms with Gasteiger partial charge in [0.25, 0.3) is 0 Å². The molecular formula is C30H41BrN2O4. The highest BCUT2D eigenvalue weighted by Gasteiger charge is 2.52. The van der Waals surface area contributed by atoms with E-state index in [1.54, 1.807) is 4.90 Å². The van der Waals surface area contributed by atoms with Crippen LogP contribution < -0.4 is 4.74 Å². The standard InChI is InChI=1S/C30H41BrN2O4/c1-28(2,3)37-27(34)32-17-19-33(20-18-32)29(4,30(35)15-9-6-10-16-30)24-13-14-26(25(31)21-24)36-22-23-11-7-5-8-12-23/h5,7-8,11-14,21,35H,6,9-10,15-20,22H2,1-4H3. The molecule has 1 aliphatic heterocycles. The van der Waals surface area contributed by atoms with Gasteiger partial charge in [-0.25, -0.2) is 4.79 Å². The van der Waals surface area contributed by atoms with Gasteiger partial charge in [0.1, 0.15) is 18.0 Å². The van der Waals surface area contributed by atoms with E-state index >= 15 is 0 Å². The third kappa shape index (κ3) is 6.32. The number of rotatable bonds is 6. The molecule has 0 aromatic heterocycles. The summed E-state index contributed by atoms with van der Waals surface area (Å²) in [5, 5.41) is 12.1. The first kappa shape index (κ1) is 27.9. The Morgan fingerprint density at radius 2 is 1.62 bits per heavy atom. The first-order valence-electron chi connectivity index (χ1n) is 13.4. The fourth-order valence-corrected chi connectivity index (χ4v) is 6.18. The summed E-state index contributed by atoms with van der Waals surface area (Å²) in [7, 11) is 0. The number of benzene rings is 2. The molecule has 0 spiro atoms. The summed E-state index contributed by atoms with van der Waals surface area (Å²) in [5.74, 6) is 0.778. The molecule has 1 unspecified atom stereocenters. The molecule has 2 aromatic carbocycles. The zero-order valence-corrected chi connectivity index (χ0v) is 24.2. The third-order valence-electron chi connectivity index (χ3n) is 7.88. The Kier molecular flexibility index (Phi) is 8.56. The number of carbonyl (C=O) groups excluding carboxylic acids is 1. The predicted molar refractivity (Wildman–Crippen MR) is 150 cm³/mol. The lowest BCUT2D eigenvalue weighted by Gasteiger charge is -2.55. The van der Waals surface area contributed by atoms with Crippen molar-refractivity contribution in [2.45, 2.75) is 83.1 Å². The normalized spacial score (nSPS) is 20.2. The van der Waals surface area contributed by atoms with Gasteiger partial charge < -0.3 is 19.5 Å². The number of nitrogens with zero attached hydrogens (tertiary/aromatic N) is 2. The molecule has 1 heterocycles. The van der Waals surface area contributed by atoms with Crippen molar-refractivity contribution in [2.75, 3.05) is 26.2 Å². The van der Waals surface area contributed by atoms with Gasteiger partial charge in [-0.2, -0.15) is 0 Å². The SMILES string of the molecule is CC(C)(C)OC(=O)N1CCN(C(C)(c2ccc(OCc3ccccc3)c(Br)c2)C2(O)CCCCC2)CC1. The second-order valence-corrected chi connectivity index (χ2v) is 12.4.